The zero-order valence-electron chi connectivity index (χ0n) is 13.8. The zero-order valence-corrected chi connectivity index (χ0v) is 13.8. The fourth-order valence-corrected chi connectivity index (χ4v) is 2.39. The minimum Gasteiger partial charge on any atom is -0.353 e. The summed E-state index contributed by atoms with van der Waals surface area (Å²) in [5.41, 5.74) is 1.07. The van der Waals surface area contributed by atoms with E-state index < -0.39 is 17.5 Å². The first-order valence-electron chi connectivity index (χ1n) is 7.96. The van der Waals surface area contributed by atoms with Crippen molar-refractivity contribution in [2.24, 2.45) is 0 Å². The monoisotopic (exact) mass is 337 g/mol. The van der Waals surface area contributed by atoms with E-state index in [4.69, 9.17) is 4.74 Å². The quantitative estimate of drug-likeness (QED) is 0.725. The number of anilines is 2. The van der Waals surface area contributed by atoms with Gasteiger partial charge in [-0.25, -0.2) is 4.79 Å². The van der Waals surface area contributed by atoms with E-state index in [-0.39, 0.29) is 5.69 Å². The topological polar surface area (TPSA) is 76.1 Å². The second kappa shape index (κ2) is 7.63. The Balaban J connectivity index is 1.79. The summed E-state index contributed by atoms with van der Waals surface area (Å²) >= 11 is 0. The van der Waals surface area contributed by atoms with Crippen LogP contribution in [0.2, 0.25) is 0 Å². The van der Waals surface area contributed by atoms with Gasteiger partial charge >= 0.3 is 5.69 Å². The van der Waals surface area contributed by atoms with Crippen LogP contribution in [0.3, 0.4) is 0 Å². The lowest BCUT2D eigenvalue weighted by Gasteiger charge is -2.17. The van der Waals surface area contributed by atoms with Gasteiger partial charge in [-0.3, -0.25) is 14.3 Å². The van der Waals surface area contributed by atoms with Crippen LogP contribution in [0.1, 0.15) is 18.7 Å². The van der Waals surface area contributed by atoms with Gasteiger partial charge in [-0.1, -0.05) is 48.5 Å². The Labute approximate surface area is 144 Å². The number of nitrogens with one attached hydrogen (secondary N) is 2. The second-order valence-electron chi connectivity index (χ2n) is 5.60. The van der Waals surface area contributed by atoms with Crippen LogP contribution in [-0.2, 0) is 11.3 Å². The maximum atomic E-state index is 12.1. The molecule has 0 radical (unpaired) electrons. The van der Waals surface area contributed by atoms with E-state index in [0.717, 1.165) is 11.3 Å². The molecule has 25 heavy (non-hydrogen) atoms. The number of benzene rings is 2. The van der Waals surface area contributed by atoms with Crippen molar-refractivity contribution in [3.63, 3.8) is 0 Å². The van der Waals surface area contributed by atoms with Gasteiger partial charge in [0.25, 0.3) is 5.56 Å². The van der Waals surface area contributed by atoms with Gasteiger partial charge < -0.3 is 10.1 Å². The van der Waals surface area contributed by atoms with E-state index in [1.165, 1.54) is 10.8 Å². The number of aromatic amines is 1. The lowest BCUT2D eigenvalue weighted by Crippen LogP contribution is -2.33. The van der Waals surface area contributed by atoms with Gasteiger partial charge in [-0.2, -0.15) is 0 Å². The molecule has 0 aliphatic rings. The normalized spacial score (nSPS) is 11.9. The SMILES string of the molecule is CC(OCc1ccccc1)n1cc(Nc2ccccc2)c(=O)[nH]c1=O. The average molecular weight is 337 g/mol. The summed E-state index contributed by atoms with van der Waals surface area (Å²) in [6.45, 7) is 2.13. The van der Waals surface area contributed by atoms with E-state index >= 15 is 0 Å². The molecule has 0 saturated heterocycles. The third-order valence-corrected chi connectivity index (χ3v) is 3.75. The van der Waals surface area contributed by atoms with Crippen molar-refractivity contribution in [2.45, 2.75) is 19.8 Å². The van der Waals surface area contributed by atoms with Crippen LogP contribution in [0, 0.1) is 0 Å². The molecule has 0 fully saturated rings. The highest BCUT2D eigenvalue weighted by atomic mass is 16.5. The minimum absolute atomic E-state index is 0.279. The van der Waals surface area contributed by atoms with E-state index in [0.29, 0.717) is 6.61 Å². The predicted molar refractivity (Wildman–Crippen MR) is 97.0 cm³/mol. The molecule has 6 nitrogen and oxygen atoms in total. The number of aromatic nitrogens is 2. The third kappa shape index (κ3) is 4.24. The molecule has 3 rings (SSSR count). The van der Waals surface area contributed by atoms with Crippen molar-refractivity contribution < 1.29 is 4.74 Å². The van der Waals surface area contributed by atoms with Gasteiger partial charge in [0.2, 0.25) is 0 Å². The van der Waals surface area contributed by atoms with Crippen molar-refractivity contribution in [1.29, 1.82) is 0 Å². The highest BCUT2D eigenvalue weighted by Gasteiger charge is 2.11. The van der Waals surface area contributed by atoms with Crippen LogP contribution in [-0.4, -0.2) is 9.55 Å². The van der Waals surface area contributed by atoms with Gasteiger partial charge in [-0.15, -0.1) is 0 Å². The zero-order chi connectivity index (χ0) is 17.6. The lowest BCUT2D eigenvalue weighted by atomic mass is 10.2. The lowest BCUT2D eigenvalue weighted by molar-refractivity contribution is 0.000947. The van der Waals surface area contributed by atoms with Gasteiger partial charge in [0, 0.05) is 11.9 Å². The van der Waals surface area contributed by atoms with Gasteiger partial charge in [0.1, 0.15) is 11.9 Å². The largest absolute Gasteiger partial charge is 0.353 e. The second-order valence-corrected chi connectivity index (χ2v) is 5.60. The summed E-state index contributed by atoms with van der Waals surface area (Å²) in [5, 5.41) is 3.01. The molecule has 1 aromatic heterocycles. The molecule has 2 N–H and O–H groups in total. The highest BCUT2D eigenvalue weighted by molar-refractivity contribution is 5.57. The Bertz CT molecular complexity index is 933. The standard InChI is InChI=1S/C19H19N3O3/c1-14(25-13-15-8-4-2-5-9-15)22-12-17(18(23)21-19(22)24)20-16-10-6-3-7-11-16/h2-12,14,20H,13H2,1H3,(H,21,23,24). The molecule has 0 bridgehead atoms. The number of para-hydroxylation sites is 1. The summed E-state index contributed by atoms with van der Waals surface area (Å²) in [5.74, 6) is 0. The molecule has 0 aliphatic carbocycles. The first-order valence-corrected chi connectivity index (χ1v) is 7.96. The number of rotatable bonds is 6. The molecular formula is C19H19N3O3. The molecule has 6 heteroatoms. The first kappa shape index (κ1) is 16.7. The molecule has 1 heterocycles. The number of hydrogen-bond acceptors (Lipinski definition) is 4. The molecule has 1 unspecified atom stereocenters. The van der Waals surface area contributed by atoms with Gasteiger partial charge in [0.05, 0.1) is 6.61 Å². The Morgan fingerprint density at radius 1 is 1.04 bits per heavy atom. The van der Waals surface area contributed by atoms with Gasteiger partial charge in [0.15, 0.2) is 0 Å². The van der Waals surface area contributed by atoms with Crippen molar-refractivity contribution in [3.8, 4) is 0 Å². The van der Waals surface area contributed by atoms with Crippen LogP contribution in [0.15, 0.2) is 76.4 Å². The summed E-state index contributed by atoms with van der Waals surface area (Å²) in [4.78, 5) is 26.4. The molecule has 128 valence electrons. The first-order chi connectivity index (χ1) is 12.1. The Hall–Kier alpha value is -3.12. The van der Waals surface area contributed by atoms with Crippen molar-refractivity contribution in [1.82, 2.24) is 9.55 Å². The predicted octanol–water partition coefficient (Wildman–Crippen LogP) is 3.02. The summed E-state index contributed by atoms with van der Waals surface area (Å²) in [6, 6.07) is 19.0. The van der Waals surface area contributed by atoms with E-state index in [9.17, 15) is 9.59 Å². The molecule has 0 spiro atoms. The van der Waals surface area contributed by atoms with Crippen LogP contribution < -0.4 is 16.6 Å². The smallest absolute Gasteiger partial charge is 0.330 e. The number of nitrogens with zero attached hydrogens (tertiary/aromatic N) is 1. The fourth-order valence-electron chi connectivity index (χ4n) is 2.39. The van der Waals surface area contributed by atoms with Crippen LogP contribution >= 0.6 is 0 Å². The number of H-pyrrole nitrogens is 1. The molecule has 2 aromatic carbocycles. The van der Waals surface area contributed by atoms with E-state index in [1.54, 1.807) is 6.92 Å². The Morgan fingerprint density at radius 3 is 2.36 bits per heavy atom. The van der Waals surface area contributed by atoms with Crippen LogP contribution in [0.25, 0.3) is 0 Å². The Morgan fingerprint density at radius 2 is 1.68 bits per heavy atom. The minimum atomic E-state index is -0.527. The van der Waals surface area contributed by atoms with Crippen LogP contribution in [0.4, 0.5) is 11.4 Å². The molecule has 0 amide bonds. The molecule has 0 aliphatic heterocycles. The Kier molecular flexibility index (Phi) is 5.11. The fraction of sp³-hybridized carbons (Fsp3) is 0.158. The molecular weight excluding hydrogens is 318 g/mol. The van der Waals surface area contributed by atoms with Crippen LogP contribution in [0.5, 0.6) is 0 Å². The van der Waals surface area contributed by atoms with Gasteiger partial charge in [-0.05, 0) is 24.6 Å². The van der Waals surface area contributed by atoms with Crippen molar-refractivity contribution in [3.05, 3.63) is 93.3 Å². The maximum absolute atomic E-state index is 12.1. The molecule has 3 aromatic rings. The van der Waals surface area contributed by atoms with Crippen molar-refractivity contribution in [2.75, 3.05) is 5.32 Å². The summed E-state index contributed by atoms with van der Waals surface area (Å²) in [6.07, 6.45) is 0.949. The number of ether oxygens (including phenoxy) is 1. The summed E-state index contributed by atoms with van der Waals surface area (Å²) < 4.78 is 7.11. The third-order valence-electron chi connectivity index (χ3n) is 3.75. The summed E-state index contributed by atoms with van der Waals surface area (Å²) in [7, 11) is 0. The highest BCUT2D eigenvalue weighted by Crippen LogP contribution is 2.14. The number of hydrogen-bond donors (Lipinski definition) is 2. The molecule has 1 atom stereocenters. The average Bonchev–Trinajstić information content (AvgIpc) is 2.64. The van der Waals surface area contributed by atoms with E-state index in [2.05, 4.69) is 10.3 Å². The maximum Gasteiger partial charge on any atom is 0.330 e. The molecule has 0 saturated carbocycles. The van der Waals surface area contributed by atoms with E-state index in [1.807, 2.05) is 60.7 Å². The van der Waals surface area contributed by atoms with Crippen molar-refractivity contribution >= 4 is 11.4 Å².